The van der Waals surface area contributed by atoms with Gasteiger partial charge in [-0.25, -0.2) is 4.98 Å². The Morgan fingerprint density at radius 3 is 2.64 bits per heavy atom. The van der Waals surface area contributed by atoms with Gasteiger partial charge in [-0.1, -0.05) is 18.2 Å². The number of anilines is 1. The summed E-state index contributed by atoms with van der Waals surface area (Å²) in [5, 5.41) is 5.50. The van der Waals surface area contributed by atoms with E-state index in [9.17, 15) is 9.59 Å². The summed E-state index contributed by atoms with van der Waals surface area (Å²) in [6, 6.07) is 17.0. The molecule has 0 aliphatic rings. The number of amides is 2. The Morgan fingerprint density at radius 1 is 1.07 bits per heavy atom. The fraction of sp³-hybridized carbons (Fsp3) is 0.0952. The second kappa shape index (κ2) is 7.40. The highest BCUT2D eigenvalue weighted by atomic mass is 16.3. The lowest BCUT2D eigenvalue weighted by atomic mass is 10.2. The lowest BCUT2D eigenvalue weighted by molar-refractivity contribution is -0.117. The average molecular weight is 374 g/mol. The van der Waals surface area contributed by atoms with E-state index in [2.05, 4.69) is 20.6 Å². The number of imidazole rings is 1. The van der Waals surface area contributed by atoms with Crippen LogP contribution in [0.2, 0.25) is 0 Å². The number of carbonyl (C=O) groups is 2. The zero-order valence-corrected chi connectivity index (χ0v) is 15.1. The van der Waals surface area contributed by atoms with Gasteiger partial charge in [0.05, 0.1) is 17.3 Å². The SMILES string of the molecule is CC(NC(=O)c1ccccc1)C(=O)Nc1ccc2nc(-c3ccco3)[nH]c2c1. The molecule has 2 amide bonds. The smallest absolute Gasteiger partial charge is 0.251 e. The molecule has 2 heterocycles. The van der Waals surface area contributed by atoms with Crippen LogP contribution in [0.3, 0.4) is 0 Å². The molecule has 0 bridgehead atoms. The second-order valence-electron chi connectivity index (χ2n) is 6.35. The van der Waals surface area contributed by atoms with E-state index in [1.54, 1.807) is 61.7 Å². The third-order valence-electron chi connectivity index (χ3n) is 4.28. The summed E-state index contributed by atoms with van der Waals surface area (Å²) >= 11 is 0. The molecule has 0 radical (unpaired) electrons. The van der Waals surface area contributed by atoms with Crippen molar-refractivity contribution in [1.82, 2.24) is 15.3 Å². The number of furan rings is 1. The lowest BCUT2D eigenvalue weighted by Gasteiger charge is -2.14. The van der Waals surface area contributed by atoms with Crippen LogP contribution in [0.15, 0.2) is 71.3 Å². The molecule has 1 atom stereocenters. The molecule has 0 aliphatic carbocycles. The molecule has 0 spiro atoms. The summed E-state index contributed by atoms with van der Waals surface area (Å²) in [6.45, 7) is 1.64. The Bertz CT molecular complexity index is 1120. The third kappa shape index (κ3) is 3.64. The number of fused-ring (bicyclic) bond motifs is 1. The van der Waals surface area contributed by atoms with Crippen LogP contribution in [0.4, 0.5) is 5.69 Å². The van der Waals surface area contributed by atoms with Gasteiger partial charge in [-0.05, 0) is 49.4 Å². The van der Waals surface area contributed by atoms with Crippen molar-refractivity contribution in [3.8, 4) is 11.6 Å². The number of benzene rings is 2. The molecule has 140 valence electrons. The average Bonchev–Trinajstić information content (AvgIpc) is 3.37. The van der Waals surface area contributed by atoms with Gasteiger partial charge in [0.2, 0.25) is 5.91 Å². The first-order valence-corrected chi connectivity index (χ1v) is 8.80. The standard InChI is InChI=1S/C21H18N4O3/c1-13(22-21(27)14-6-3-2-4-7-14)20(26)23-15-9-10-16-17(12-15)25-19(24-16)18-8-5-11-28-18/h2-13H,1H3,(H,22,27)(H,23,26)(H,24,25). The van der Waals surface area contributed by atoms with Crippen molar-refractivity contribution in [3.05, 3.63) is 72.5 Å². The second-order valence-corrected chi connectivity index (χ2v) is 6.35. The van der Waals surface area contributed by atoms with Crippen molar-refractivity contribution in [3.63, 3.8) is 0 Å². The molecule has 4 rings (SSSR count). The summed E-state index contributed by atoms with van der Waals surface area (Å²) in [6.07, 6.45) is 1.58. The van der Waals surface area contributed by atoms with E-state index in [1.807, 2.05) is 12.1 Å². The van der Waals surface area contributed by atoms with Gasteiger partial charge in [-0.3, -0.25) is 9.59 Å². The summed E-state index contributed by atoms with van der Waals surface area (Å²) in [7, 11) is 0. The van der Waals surface area contributed by atoms with Crippen molar-refractivity contribution in [2.75, 3.05) is 5.32 Å². The normalized spacial score (nSPS) is 11.9. The van der Waals surface area contributed by atoms with Crippen LogP contribution in [0.25, 0.3) is 22.6 Å². The van der Waals surface area contributed by atoms with Gasteiger partial charge < -0.3 is 20.0 Å². The largest absolute Gasteiger partial charge is 0.461 e. The van der Waals surface area contributed by atoms with Crippen LogP contribution in [0.5, 0.6) is 0 Å². The first-order valence-electron chi connectivity index (χ1n) is 8.80. The molecule has 0 aliphatic heterocycles. The van der Waals surface area contributed by atoms with E-state index in [4.69, 9.17) is 4.42 Å². The third-order valence-corrected chi connectivity index (χ3v) is 4.28. The number of carbonyl (C=O) groups excluding carboxylic acids is 2. The Kier molecular flexibility index (Phi) is 4.63. The fourth-order valence-corrected chi connectivity index (χ4v) is 2.80. The van der Waals surface area contributed by atoms with Crippen LogP contribution in [0, 0.1) is 0 Å². The fourth-order valence-electron chi connectivity index (χ4n) is 2.80. The van der Waals surface area contributed by atoms with Gasteiger partial charge in [0.25, 0.3) is 5.91 Å². The van der Waals surface area contributed by atoms with Crippen LogP contribution in [-0.2, 0) is 4.79 Å². The quantitative estimate of drug-likeness (QED) is 0.497. The zero-order valence-electron chi connectivity index (χ0n) is 15.1. The molecule has 3 N–H and O–H groups in total. The Hall–Kier alpha value is -3.87. The molecule has 2 aromatic heterocycles. The molecule has 7 nitrogen and oxygen atoms in total. The predicted octanol–water partition coefficient (Wildman–Crippen LogP) is 3.58. The number of aromatic amines is 1. The molecule has 28 heavy (non-hydrogen) atoms. The van der Waals surface area contributed by atoms with Crippen LogP contribution < -0.4 is 10.6 Å². The molecule has 7 heteroatoms. The molecular formula is C21H18N4O3. The van der Waals surface area contributed by atoms with E-state index < -0.39 is 6.04 Å². The van der Waals surface area contributed by atoms with E-state index in [0.717, 1.165) is 11.0 Å². The van der Waals surface area contributed by atoms with Crippen molar-refractivity contribution in [2.24, 2.45) is 0 Å². The van der Waals surface area contributed by atoms with Gasteiger partial charge >= 0.3 is 0 Å². The first-order chi connectivity index (χ1) is 13.6. The Balaban J connectivity index is 1.45. The molecule has 0 fully saturated rings. The highest BCUT2D eigenvalue weighted by molar-refractivity contribution is 6.01. The molecule has 2 aromatic carbocycles. The van der Waals surface area contributed by atoms with Gasteiger partial charge in [0.15, 0.2) is 11.6 Å². The maximum Gasteiger partial charge on any atom is 0.251 e. The van der Waals surface area contributed by atoms with Crippen LogP contribution >= 0.6 is 0 Å². The summed E-state index contributed by atoms with van der Waals surface area (Å²) in [4.78, 5) is 32.3. The van der Waals surface area contributed by atoms with Crippen molar-refractivity contribution in [2.45, 2.75) is 13.0 Å². The number of nitrogens with zero attached hydrogens (tertiary/aromatic N) is 1. The van der Waals surface area contributed by atoms with Crippen molar-refractivity contribution >= 4 is 28.5 Å². The molecule has 1 unspecified atom stereocenters. The monoisotopic (exact) mass is 374 g/mol. The first kappa shape index (κ1) is 17.5. The maximum absolute atomic E-state index is 12.4. The predicted molar refractivity (Wildman–Crippen MR) is 106 cm³/mol. The minimum Gasteiger partial charge on any atom is -0.461 e. The van der Waals surface area contributed by atoms with Gasteiger partial charge in [0.1, 0.15) is 6.04 Å². The zero-order chi connectivity index (χ0) is 19.5. The number of rotatable bonds is 5. The summed E-state index contributed by atoms with van der Waals surface area (Å²) < 4.78 is 5.35. The molecule has 0 saturated carbocycles. The molecule has 4 aromatic rings. The van der Waals surface area contributed by atoms with Gasteiger partial charge in [-0.15, -0.1) is 0 Å². The summed E-state index contributed by atoms with van der Waals surface area (Å²) in [5.74, 6) is 0.649. The van der Waals surface area contributed by atoms with Gasteiger partial charge in [0, 0.05) is 11.3 Å². The van der Waals surface area contributed by atoms with Crippen molar-refractivity contribution < 1.29 is 14.0 Å². The summed E-state index contributed by atoms with van der Waals surface area (Å²) in [5.41, 5.74) is 2.64. The van der Waals surface area contributed by atoms with E-state index in [-0.39, 0.29) is 11.8 Å². The number of hydrogen-bond donors (Lipinski definition) is 3. The lowest BCUT2D eigenvalue weighted by Crippen LogP contribution is -2.41. The Morgan fingerprint density at radius 2 is 1.89 bits per heavy atom. The number of hydrogen-bond acceptors (Lipinski definition) is 4. The topological polar surface area (TPSA) is 100 Å². The highest BCUT2D eigenvalue weighted by Crippen LogP contribution is 2.23. The minimum atomic E-state index is -0.691. The maximum atomic E-state index is 12.4. The number of H-pyrrole nitrogens is 1. The highest BCUT2D eigenvalue weighted by Gasteiger charge is 2.17. The minimum absolute atomic E-state index is 0.296. The van der Waals surface area contributed by atoms with E-state index >= 15 is 0 Å². The number of aromatic nitrogens is 2. The van der Waals surface area contributed by atoms with E-state index in [1.165, 1.54) is 0 Å². The van der Waals surface area contributed by atoms with Crippen molar-refractivity contribution in [1.29, 1.82) is 0 Å². The number of nitrogens with one attached hydrogen (secondary N) is 3. The van der Waals surface area contributed by atoms with E-state index in [0.29, 0.717) is 22.8 Å². The molecular weight excluding hydrogens is 356 g/mol. The molecule has 0 saturated heterocycles. The Labute approximate surface area is 160 Å². The van der Waals surface area contributed by atoms with Crippen LogP contribution in [0.1, 0.15) is 17.3 Å². The van der Waals surface area contributed by atoms with Crippen LogP contribution in [-0.4, -0.2) is 27.8 Å². The van der Waals surface area contributed by atoms with Gasteiger partial charge in [-0.2, -0.15) is 0 Å².